The molecule has 0 aromatic carbocycles. The van der Waals surface area contributed by atoms with Gasteiger partial charge in [0.2, 0.25) is 5.91 Å². The topological polar surface area (TPSA) is 83.0 Å². The van der Waals surface area contributed by atoms with Gasteiger partial charge in [0.05, 0.1) is 19.1 Å². The van der Waals surface area contributed by atoms with Crippen LogP contribution in [0.1, 0.15) is 17.9 Å². The first-order valence-electron chi connectivity index (χ1n) is 6.31. The predicted octanol–water partition coefficient (Wildman–Crippen LogP) is 0.841. The van der Waals surface area contributed by atoms with Crippen LogP contribution >= 0.6 is 0 Å². The molecule has 0 unspecified atom stereocenters. The number of aromatic nitrogens is 2. The Morgan fingerprint density at radius 3 is 3.11 bits per heavy atom. The molecule has 0 radical (unpaired) electrons. The monoisotopic (exact) mass is 262 g/mol. The average molecular weight is 262 g/mol. The van der Waals surface area contributed by atoms with Gasteiger partial charge in [-0.3, -0.25) is 4.79 Å². The number of furan rings is 1. The first kappa shape index (κ1) is 13.4. The summed E-state index contributed by atoms with van der Waals surface area (Å²) in [5, 5.41) is 6.02. The number of rotatable bonds is 8. The molecule has 6 heteroatoms. The molecule has 19 heavy (non-hydrogen) atoms. The second kappa shape index (κ2) is 7.38. The molecule has 0 spiro atoms. The van der Waals surface area contributed by atoms with E-state index < -0.39 is 0 Å². The van der Waals surface area contributed by atoms with Crippen LogP contribution in [0.25, 0.3) is 0 Å². The van der Waals surface area contributed by atoms with Gasteiger partial charge in [0.1, 0.15) is 5.76 Å². The van der Waals surface area contributed by atoms with Gasteiger partial charge in [-0.05, 0) is 12.1 Å². The molecule has 2 heterocycles. The molecule has 2 aromatic heterocycles. The summed E-state index contributed by atoms with van der Waals surface area (Å²) in [5.41, 5.74) is 1.09. The van der Waals surface area contributed by atoms with Gasteiger partial charge in [-0.1, -0.05) is 0 Å². The lowest BCUT2D eigenvalue weighted by Gasteiger charge is -2.05. The molecule has 2 rings (SSSR count). The minimum atomic E-state index is 0.0189. The Labute approximate surface area is 111 Å². The highest BCUT2D eigenvalue weighted by Crippen LogP contribution is 1.98. The van der Waals surface area contributed by atoms with Crippen LogP contribution in [0.15, 0.2) is 35.3 Å². The van der Waals surface area contributed by atoms with Crippen LogP contribution in [0.5, 0.6) is 0 Å². The van der Waals surface area contributed by atoms with Crippen molar-refractivity contribution in [2.75, 3.05) is 13.1 Å². The smallest absolute Gasteiger partial charge is 0.221 e. The number of carbonyl (C=O) groups excluding carboxylic acids is 1. The van der Waals surface area contributed by atoms with Crippen molar-refractivity contribution in [3.05, 3.63) is 42.4 Å². The molecule has 0 fully saturated rings. The number of nitrogens with zero attached hydrogens (tertiary/aromatic N) is 1. The fourth-order valence-electron chi connectivity index (χ4n) is 1.66. The minimum absolute atomic E-state index is 0.0189. The van der Waals surface area contributed by atoms with E-state index in [9.17, 15) is 4.79 Å². The van der Waals surface area contributed by atoms with Gasteiger partial charge in [-0.25, -0.2) is 4.98 Å². The van der Waals surface area contributed by atoms with Gasteiger partial charge >= 0.3 is 0 Å². The van der Waals surface area contributed by atoms with Crippen molar-refractivity contribution in [2.45, 2.75) is 19.4 Å². The highest BCUT2D eigenvalue weighted by Gasteiger charge is 2.02. The SMILES string of the molecule is O=C(CCNCCc1cnc[nH]1)NCc1ccco1. The highest BCUT2D eigenvalue weighted by atomic mass is 16.3. The predicted molar refractivity (Wildman–Crippen MR) is 70.3 cm³/mol. The molecule has 6 nitrogen and oxygen atoms in total. The molecular formula is C13H18N4O2. The maximum absolute atomic E-state index is 11.5. The number of hydrogen-bond donors (Lipinski definition) is 3. The lowest BCUT2D eigenvalue weighted by Crippen LogP contribution is -2.28. The first-order valence-corrected chi connectivity index (χ1v) is 6.31. The quantitative estimate of drug-likeness (QED) is 0.616. The zero-order valence-electron chi connectivity index (χ0n) is 10.7. The van der Waals surface area contributed by atoms with Crippen molar-refractivity contribution in [1.82, 2.24) is 20.6 Å². The van der Waals surface area contributed by atoms with Crippen LogP contribution in [0, 0.1) is 0 Å². The summed E-state index contributed by atoms with van der Waals surface area (Å²) in [7, 11) is 0. The number of aromatic amines is 1. The second-order valence-electron chi connectivity index (χ2n) is 4.18. The number of carbonyl (C=O) groups is 1. The molecule has 0 aliphatic heterocycles. The van der Waals surface area contributed by atoms with E-state index in [1.165, 1.54) is 0 Å². The number of H-pyrrole nitrogens is 1. The first-order chi connectivity index (χ1) is 9.34. The van der Waals surface area contributed by atoms with Crippen molar-refractivity contribution < 1.29 is 9.21 Å². The van der Waals surface area contributed by atoms with Crippen LogP contribution in [-0.4, -0.2) is 29.0 Å². The summed E-state index contributed by atoms with van der Waals surface area (Å²) in [6, 6.07) is 3.64. The van der Waals surface area contributed by atoms with E-state index >= 15 is 0 Å². The lowest BCUT2D eigenvalue weighted by molar-refractivity contribution is -0.121. The Hall–Kier alpha value is -2.08. The normalized spacial score (nSPS) is 10.5. The third-order valence-electron chi connectivity index (χ3n) is 2.69. The molecule has 0 aliphatic rings. The van der Waals surface area contributed by atoms with Gasteiger partial charge in [-0.15, -0.1) is 0 Å². The third-order valence-corrected chi connectivity index (χ3v) is 2.69. The number of amides is 1. The van der Waals surface area contributed by atoms with E-state index in [4.69, 9.17) is 4.42 Å². The number of hydrogen-bond acceptors (Lipinski definition) is 4. The van der Waals surface area contributed by atoms with E-state index in [1.807, 2.05) is 6.07 Å². The molecule has 0 bridgehead atoms. The zero-order chi connectivity index (χ0) is 13.3. The maximum Gasteiger partial charge on any atom is 0.221 e. The fraction of sp³-hybridized carbons (Fsp3) is 0.385. The summed E-state index contributed by atoms with van der Waals surface area (Å²) in [4.78, 5) is 18.5. The van der Waals surface area contributed by atoms with Crippen LogP contribution in [0.3, 0.4) is 0 Å². The molecule has 0 aliphatic carbocycles. The minimum Gasteiger partial charge on any atom is -0.467 e. The van der Waals surface area contributed by atoms with E-state index in [0.717, 1.165) is 24.4 Å². The summed E-state index contributed by atoms with van der Waals surface area (Å²) >= 11 is 0. The van der Waals surface area contributed by atoms with Crippen LogP contribution < -0.4 is 10.6 Å². The molecule has 2 aromatic rings. The van der Waals surface area contributed by atoms with Crippen LogP contribution in [-0.2, 0) is 17.8 Å². The zero-order valence-corrected chi connectivity index (χ0v) is 10.7. The maximum atomic E-state index is 11.5. The molecule has 1 amide bonds. The van der Waals surface area contributed by atoms with Gasteiger partial charge in [0.15, 0.2) is 0 Å². The summed E-state index contributed by atoms with van der Waals surface area (Å²) < 4.78 is 5.13. The fourth-order valence-corrected chi connectivity index (χ4v) is 1.66. The molecule has 0 atom stereocenters. The number of imidazole rings is 1. The van der Waals surface area contributed by atoms with Crippen LogP contribution in [0.4, 0.5) is 0 Å². The highest BCUT2D eigenvalue weighted by molar-refractivity contribution is 5.75. The molecule has 0 saturated carbocycles. The van der Waals surface area contributed by atoms with Crippen molar-refractivity contribution in [1.29, 1.82) is 0 Å². The third kappa shape index (κ3) is 4.97. The lowest BCUT2D eigenvalue weighted by atomic mass is 10.3. The van der Waals surface area contributed by atoms with E-state index in [-0.39, 0.29) is 5.91 Å². The Morgan fingerprint density at radius 2 is 2.37 bits per heavy atom. The van der Waals surface area contributed by atoms with E-state index in [0.29, 0.717) is 19.5 Å². The van der Waals surface area contributed by atoms with Crippen molar-refractivity contribution >= 4 is 5.91 Å². The Kier molecular flexibility index (Phi) is 5.18. The van der Waals surface area contributed by atoms with Gasteiger partial charge < -0.3 is 20.0 Å². The molecular weight excluding hydrogens is 244 g/mol. The standard InChI is InChI=1S/C13H18N4O2/c18-13(16-9-12-2-1-7-19-12)4-6-14-5-3-11-8-15-10-17-11/h1-2,7-8,10,14H,3-6,9H2,(H,15,17)(H,16,18). The van der Waals surface area contributed by atoms with Gasteiger partial charge in [-0.2, -0.15) is 0 Å². The average Bonchev–Trinajstić information content (AvgIpc) is 3.09. The Morgan fingerprint density at radius 1 is 1.42 bits per heavy atom. The summed E-state index contributed by atoms with van der Waals surface area (Å²) in [5.74, 6) is 0.783. The summed E-state index contributed by atoms with van der Waals surface area (Å²) in [6.07, 6.45) is 6.41. The second-order valence-corrected chi connectivity index (χ2v) is 4.18. The molecule has 102 valence electrons. The molecule has 3 N–H and O–H groups in total. The van der Waals surface area contributed by atoms with E-state index in [1.54, 1.807) is 24.9 Å². The van der Waals surface area contributed by atoms with Gasteiger partial charge in [0, 0.05) is 37.8 Å². The largest absolute Gasteiger partial charge is 0.467 e. The van der Waals surface area contributed by atoms with Crippen molar-refractivity contribution in [2.24, 2.45) is 0 Å². The Balaban J connectivity index is 1.49. The van der Waals surface area contributed by atoms with Crippen molar-refractivity contribution in [3.63, 3.8) is 0 Å². The van der Waals surface area contributed by atoms with Crippen LogP contribution in [0.2, 0.25) is 0 Å². The number of nitrogens with one attached hydrogen (secondary N) is 3. The van der Waals surface area contributed by atoms with Crippen molar-refractivity contribution in [3.8, 4) is 0 Å². The summed E-state index contributed by atoms with van der Waals surface area (Å²) in [6.45, 7) is 1.94. The Bertz CT molecular complexity index is 465. The van der Waals surface area contributed by atoms with E-state index in [2.05, 4.69) is 20.6 Å². The van der Waals surface area contributed by atoms with Gasteiger partial charge in [0.25, 0.3) is 0 Å². The molecule has 0 saturated heterocycles.